The van der Waals surface area contributed by atoms with E-state index in [4.69, 9.17) is 4.74 Å². The Balaban J connectivity index is 4.90. The van der Waals surface area contributed by atoms with Crippen LogP contribution in [0.5, 0.6) is 0 Å². The Morgan fingerprint density at radius 3 is 1.39 bits per heavy atom. The standard InChI is InChI=1S/C60H95NO5/c1-4-7-10-13-16-19-22-25-27-29-31-34-36-39-42-45-48-51-56(66-60(65)53-50-47-44-41-38-35-32-30-28-26-23-20-17-14-11-8-5-2)54-59(64)61-57(55-62)58(63)52-49-46-43-40-37-33-24-21-18-15-12-9-6-3/h7-8,10-11,14,16-17,19-20,23,25-28,30-32,34-35,38-39,42,48,51,56-58,62-63H,4-6,9,12-13,15,18,21-22,24,29,33,36-37,40-41,43-47,49-50,52-55H2,1-3H3,(H,61,64)/b10-7-,11-8-,17-14+,19-16-,23-20+,27-25-,28-26-,32-30+,34-31-,38-35+,42-39-,51-48-. The van der Waals surface area contributed by atoms with Crippen molar-refractivity contribution in [3.05, 3.63) is 146 Å². The molecule has 66 heavy (non-hydrogen) atoms. The number of ether oxygens (including phenoxy) is 1. The molecule has 6 nitrogen and oxygen atoms in total. The zero-order valence-corrected chi connectivity index (χ0v) is 42.0. The van der Waals surface area contributed by atoms with Crippen LogP contribution in [0, 0.1) is 0 Å². The molecule has 0 aliphatic heterocycles. The average Bonchev–Trinajstić information content (AvgIpc) is 3.31. The zero-order chi connectivity index (χ0) is 48.1. The molecule has 0 saturated carbocycles. The van der Waals surface area contributed by atoms with Crippen LogP contribution >= 0.6 is 0 Å². The molecule has 0 rings (SSSR count). The molecule has 6 heteroatoms. The fraction of sp³-hybridized carbons (Fsp3) is 0.567. The molecular weight excluding hydrogens is 815 g/mol. The molecule has 370 valence electrons. The normalized spacial score (nSPS) is 14.4. The number of rotatable bonds is 44. The summed E-state index contributed by atoms with van der Waals surface area (Å²) in [5.74, 6) is -0.697. The molecule has 0 spiro atoms. The van der Waals surface area contributed by atoms with Gasteiger partial charge in [0.05, 0.1) is 25.2 Å². The maximum absolute atomic E-state index is 13.2. The molecule has 0 aliphatic carbocycles. The number of carbonyl (C=O) groups is 2. The number of hydrogen-bond donors (Lipinski definition) is 3. The van der Waals surface area contributed by atoms with Crippen molar-refractivity contribution in [2.45, 2.75) is 212 Å². The van der Waals surface area contributed by atoms with Crippen LogP contribution in [-0.2, 0) is 14.3 Å². The SMILES string of the molecule is CC\C=C/C=C/C=C/C=C\C=C\C=C\CCCCCC(=O)OC(/C=C\C/C=C\C/C=C\C/C=C\C/C=C\C/C=C\CC)CC(=O)NC(CO)C(O)CCCCCCCCCCCCCCC. The first-order valence-electron chi connectivity index (χ1n) is 26.2. The van der Waals surface area contributed by atoms with Gasteiger partial charge in [-0.25, -0.2) is 0 Å². The van der Waals surface area contributed by atoms with E-state index in [2.05, 4.69) is 99.0 Å². The van der Waals surface area contributed by atoms with Crippen molar-refractivity contribution < 1.29 is 24.5 Å². The van der Waals surface area contributed by atoms with Crippen molar-refractivity contribution in [3.63, 3.8) is 0 Å². The highest BCUT2D eigenvalue weighted by Gasteiger charge is 2.23. The minimum atomic E-state index is -0.838. The lowest BCUT2D eigenvalue weighted by Crippen LogP contribution is -2.46. The summed E-state index contributed by atoms with van der Waals surface area (Å²) in [5.41, 5.74) is 0. The molecule has 3 unspecified atom stereocenters. The van der Waals surface area contributed by atoms with Crippen molar-refractivity contribution in [1.29, 1.82) is 0 Å². The minimum absolute atomic E-state index is 0.0760. The smallest absolute Gasteiger partial charge is 0.306 e. The second kappa shape index (κ2) is 51.7. The van der Waals surface area contributed by atoms with Crippen LogP contribution < -0.4 is 5.32 Å². The van der Waals surface area contributed by atoms with Gasteiger partial charge in [-0.1, -0.05) is 250 Å². The van der Waals surface area contributed by atoms with E-state index < -0.39 is 18.2 Å². The highest BCUT2D eigenvalue weighted by atomic mass is 16.5. The van der Waals surface area contributed by atoms with Crippen molar-refractivity contribution in [2.75, 3.05) is 6.61 Å². The fourth-order valence-corrected chi connectivity index (χ4v) is 6.93. The van der Waals surface area contributed by atoms with Crippen molar-refractivity contribution >= 4 is 11.9 Å². The highest BCUT2D eigenvalue weighted by Crippen LogP contribution is 2.15. The Hall–Kier alpha value is -4.26. The largest absolute Gasteiger partial charge is 0.458 e. The second-order valence-corrected chi connectivity index (χ2v) is 17.0. The van der Waals surface area contributed by atoms with Crippen molar-refractivity contribution in [2.24, 2.45) is 0 Å². The summed E-state index contributed by atoms with van der Waals surface area (Å²) in [6, 6.07) is -0.764. The van der Waals surface area contributed by atoms with Crippen LogP contribution in [0.2, 0.25) is 0 Å². The Morgan fingerprint density at radius 2 is 0.909 bits per heavy atom. The maximum atomic E-state index is 13.2. The quantitative estimate of drug-likeness (QED) is 0.0245. The predicted molar refractivity (Wildman–Crippen MR) is 286 cm³/mol. The number of nitrogens with one attached hydrogen (secondary N) is 1. The van der Waals surface area contributed by atoms with Gasteiger partial charge in [-0.05, 0) is 76.7 Å². The van der Waals surface area contributed by atoms with Gasteiger partial charge >= 0.3 is 5.97 Å². The molecule has 0 aromatic heterocycles. The van der Waals surface area contributed by atoms with Gasteiger partial charge in [0.15, 0.2) is 0 Å². The van der Waals surface area contributed by atoms with E-state index in [0.29, 0.717) is 19.3 Å². The highest BCUT2D eigenvalue weighted by molar-refractivity contribution is 5.78. The molecular formula is C60H95NO5. The molecule has 3 atom stereocenters. The van der Waals surface area contributed by atoms with Crippen LogP contribution in [0.25, 0.3) is 0 Å². The van der Waals surface area contributed by atoms with E-state index >= 15 is 0 Å². The summed E-state index contributed by atoms with van der Waals surface area (Å²) in [6.45, 7) is 6.16. The third-order valence-electron chi connectivity index (χ3n) is 10.8. The number of aliphatic hydroxyl groups excluding tert-OH is 2. The van der Waals surface area contributed by atoms with Crippen molar-refractivity contribution in [1.82, 2.24) is 5.32 Å². The fourth-order valence-electron chi connectivity index (χ4n) is 6.93. The minimum Gasteiger partial charge on any atom is -0.458 e. The van der Waals surface area contributed by atoms with E-state index in [-0.39, 0.29) is 31.3 Å². The molecule has 3 N–H and O–H groups in total. The number of esters is 1. The molecule has 0 heterocycles. The zero-order valence-electron chi connectivity index (χ0n) is 42.0. The monoisotopic (exact) mass is 910 g/mol. The van der Waals surface area contributed by atoms with Crippen LogP contribution in [0.3, 0.4) is 0 Å². The third kappa shape index (κ3) is 46.3. The first-order valence-corrected chi connectivity index (χ1v) is 26.2. The lowest BCUT2D eigenvalue weighted by Gasteiger charge is -2.23. The molecule has 0 aromatic carbocycles. The number of hydrogen-bond acceptors (Lipinski definition) is 5. The van der Waals surface area contributed by atoms with Gasteiger partial charge in [0.2, 0.25) is 5.91 Å². The van der Waals surface area contributed by atoms with Gasteiger partial charge in [-0.3, -0.25) is 9.59 Å². The second-order valence-electron chi connectivity index (χ2n) is 17.0. The van der Waals surface area contributed by atoms with Crippen molar-refractivity contribution in [3.8, 4) is 0 Å². The van der Waals surface area contributed by atoms with E-state index in [9.17, 15) is 19.8 Å². The van der Waals surface area contributed by atoms with Crippen LogP contribution in [0.1, 0.15) is 194 Å². The molecule has 0 aromatic rings. The number of allylic oxidation sites excluding steroid dienone is 23. The number of unbranched alkanes of at least 4 members (excludes halogenated alkanes) is 15. The topological polar surface area (TPSA) is 95.9 Å². The van der Waals surface area contributed by atoms with Gasteiger partial charge in [-0.15, -0.1) is 0 Å². The van der Waals surface area contributed by atoms with E-state index in [1.165, 1.54) is 64.2 Å². The number of amides is 1. The summed E-state index contributed by atoms with van der Waals surface area (Å²) in [6.07, 6.45) is 75.0. The molecule has 0 bridgehead atoms. The summed E-state index contributed by atoms with van der Waals surface area (Å²) in [7, 11) is 0. The van der Waals surface area contributed by atoms with Gasteiger partial charge in [0.1, 0.15) is 6.10 Å². The molecule has 0 saturated heterocycles. The first-order chi connectivity index (χ1) is 32.5. The summed E-state index contributed by atoms with van der Waals surface area (Å²) >= 11 is 0. The summed E-state index contributed by atoms with van der Waals surface area (Å²) in [4.78, 5) is 26.1. The Labute approximate surface area is 405 Å². The Morgan fingerprint density at radius 1 is 0.485 bits per heavy atom. The summed E-state index contributed by atoms with van der Waals surface area (Å²) in [5, 5.41) is 23.7. The van der Waals surface area contributed by atoms with Crippen LogP contribution in [-0.4, -0.2) is 46.9 Å². The maximum Gasteiger partial charge on any atom is 0.306 e. The van der Waals surface area contributed by atoms with E-state index in [1.54, 1.807) is 6.08 Å². The third-order valence-corrected chi connectivity index (χ3v) is 10.8. The van der Waals surface area contributed by atoms with Crippen LogP contribution in [0.4, 0.5) is 0 Å². The Kier molecular flexibility index (Phi) is 48.4. The van der Waals surface area contributed by atoms with E-state index in [0.717, 1.165) is 77.0 Å². The average molecular weight is 910 g/mol. The predicted octanol–water partition coefficient (Wildman–Crippen LogP) is 16.0. The molecule has 1 amide bonds. The van der Waals surface area contributed by atoms with Gasteiger partial charge in [0, 0.05) is 6.42 Å². The van der Waals surface area contributed by atoms with Gasteiger partial charge in [0.25, 0.3) is 0 Å². The molecule has 0 radical (unpaired) electrons. The van der Waals surface area contributed by atoms with Crippen LogP contribution in [0.15, 0.2) is 146 Å². The molecule has 0 fully saturated rings. The lowest BCUT2D eigenvalue weighted by molar-refractivity contribution is -0.148. The Bertz CT molecular complexity index is 1490. The lowest BCUT2D eigenvalue weighted by atomic mass is 10.0. The van der Waals surface area contributed by atoms with Gasteiger partial charge < -0.3 is 20.3 Å². The first kappa shape index (κ1) is 61.7. The molecule has 0 aliphatic rings. The number of aliphatic hydroxyl groups is 2. The van der Waals surface area contributed by atoms with E-state index in [1.807, 2.05) is 66.8 Å². The summed E-state index contributed by atoms with van der Waals surface area (Å²) < 4.78 is 5.81. The van der Waals surface area contributed by atoms with Gasteiger partial charge in [-0.2, -0.15) is 0 Å². The number of carbonyl (C=O) groups excluding carboxylic acids is 2.